The Kier molecular flexibility index (Phi) is 4.06. The molecule has 0 radical (unpaired) electrons. The predicted octanol–water partition coefficient (Wildman–Crippen LogP) is 1.89. The van der Waals surface area contributed by atoms with Crippen molar-refractivity contribution < 1.29 is 9.90 Å². The van der Waals surface area contributed by atoms with E-state index in [1.165, 1.54) is 5.56 Å². The molecule has 1 aromatic heterocycles. The van der Waals surface area contributed by atoms with Gasteiger partial charge in [-0.15, -0.1) is 0 Å². The Morgan fingerprint density at radius 2 is 2.18 bits per heavy atom. The lowest BCUT2D eigenvalue weighted by Gasteiger charge is -2.21. The van der Waals surface area contributed by atoms with E-state index in [-0.39, 0.29) is 12.5 Å². The van der Waals surface area contributed by atoms with E-state index in [1.807, 2.05) is 12.1 Å². The quantitative estimate of drug-likeness (QED) is 0.904. The average molecular weight is 297 g/mol. The van der Waals surface area contributed by atoms with Crippen LogP contribution in [0, 0.1) is 0 Å². The maximum Gasteiger partial charge on any atom is 0.255 e. The summed E-state index contributed by atoms with van der Waals surface area (Å²) < 4.78 is 0. The van der Waals surface area contributed by atoms with Gasteiger partial charge in [-0.25, -0.2) is 4.98 Å². The number of carbonyl (C=O) groups is 1. The summed E-state index contributed by atoms with van der Waals surface area (Å²) in [4.78, 5) is 18.8. The minimum atomic E-state index is -0.573. The minimum absolute atomic E-state index is 0.214. The molecule has 22 heavy (non-hydrogen) atoms. The van der Waals surface area contributed by atoms with Crippen LogP contribution >= 0.6 is 0 Å². The monoisotopic (exact) mass is 297 g/mol. The van der Waals surface area contributed by atoms with Crippen LogP contribution in [0.4, 0.5) is 11.5 Å². The van der Waals surface area contributed by atoms with Gasteiger partial charge < -0.3 is 15.3 Å². The van der Waals surface area contributed by atoms with Crippen LogP contribution in [-0.4, -0.2) is 35.2 Å². The van der Waals surface area contributed by atoms with E-state index in [0.29, 0.717) is 11.4 Å². The summed E-state index contributed by atoms with van der Waals surface area (Å²) in [6.45, 7) is 2.68. The van der Waals surface area contributed by atoms with Crippen LogP contribution in [0.5, 0.6) is 0 Å². The number of aliphatic hydroxyl groups excluding tert-OH is 1. The summed E-state index contributed by atoms with van der Waals surface area (Å²) in [7, 11) is 0. The third-order valence-corrected chi connectivity index (χ3v) is 3.73. The van der Waals surface area contributed by atoms with E-state index in [1.54, 1.807) is 25.3 Å². The van der Waals surface area contributed by atoms with Gasteiger partial charge in [-0.2, -0.15) is 0 Å². The molecule has 2 N–H and O–H groups in total. The number of hydrogen-bond donors (Lipinski definition) is 2. The number of fused-ring (bicyclic) bond motifs is 1. The van der Waals surface area contributed by atoms with Crippen molar-refractivity contribution in [3.63, 3.8) is 0 Å². The van der Waals surface area contributed by atoms with Crippen LogP contribution in [0.1, 0.15) is 22.8 Å². The highest BCUT2D eigenvalue weighted by Crippen LogP contribution is 2.34. The van der Waals surface area contributed by atoms with Crippen LogP contribution in [0.2, 0.25) is 0 Å². The molecule has 0 fully saturated rings. The standard InChI is InChI=1S/C17H19N3O2/c1-12(21)11-19-17(22)14-6-4-9-18-16(14)20-10-8-13-5-2-3-7-15(13)20/h2-7,9,12,21H,8,10-11H2,1H3,(H,19,22). The molecule has 1 aromatic carbocycles. The Hall–Kier alpha value is -2.40. The van der Waals surface area contributed by atoms with Crippen LogP contribution in [-0.2, 0) is 6.42 Å². The Balaban J connectivity index is 1.91. The number of amides is 1. The molecule has 1 aliphatic heterocycles. The Morgan fingerprint density at radius 1 is 1.36 bits per heavy atom. The smallest absolute Gasteiger partial charge is 0.255 e. The number of aromatic nitrogens is 1. The van der Waals surface area contributed by atoms with Crippen molar-refractivity contribution in [3.05, 3.63) is 53.7 Å². The fourth-order valence-corrected chi connectivity index (χ4v) is 2.68. The number of benzene rings is 1. The number of aliphatic hydroxyl groups is 1. The van der Waals surface area contributed by atoms with E-state index in [2.05, 4.69) is 27.3 Å². The number of pyridine rings is 1. The zero-order valence-electron chi connectivity index (χ0n) is 12.5. The zero-order chi connectivity index (χ0) is 15.5. The molecule has 5 heteroatoms. The van der Waals surface area contributed by atoms with E-state index in [4.69, 9.17) is 0 Å². The summed E-state index contributed by atoms with van der Waals surface area (Å²) in [5, 5.41) is 12.0. The van der Waals surface area contributed by atoms with E-state index in [0.717, 1.165) is 18.7 Å². The zero-order valence-corrected chi connectivity index (χ0v) is 12.5. The molecule has 0 aliphatic carbocycles. The van der Waals surface area contributed by atoms with Crippen LogP contribution in [0.25, 0.3) is 0 Å². The first-order chi connectivity index (χ1) is 10.7. The summed E-state index contributed by atoms with van der Waals surface area (Å²) >= 11 is 0. The molecule has 2 aromatic rings. The molecule has 1 atom stereocenters. The van der Waals surface area contributed by atoms with Crippen LogP contribution in [0.15, 0.2) is 42.6 Å². The molecule has 0 bridgehead atoms. The fourth-order valence-electron chi connectivity index (χ4n) is 2.68. The Morgan fingerprint density at radius 3 is 3.00 bits per heavy atom. The van der Waals surface area contributed by atoms with Crippen molar-refractivity contribution in [1.82, 2.24) is 10.3 Å². The van der Waals surface area contributed by atoms with E-state index < -0.39 is 6.10 Å². The molecule has 5 nitrogen and oxygen atoms in total. The largest absolute Gasteiger partial charge is 0.392 e. The van der Waals surface area contributed by atoms with Crippen molar-refractivity contribution in [2.45, 2.75) is 19.4 Å². The molecular weight excluding hydrogens is 278 g/mol. The lowest BCUT2D eigenvalue weighted by atomic mass is 10.1. The Labute approximate surface area is 129 Å². The van der Waals surface area contributed by atoms with Crippen molar-refractivity contribution in [2.75, 3.05) is 18.0 Å². The highest BCUT2D eigenvalue weighted by atomic mass is 16.3. The summed E-state index contributed by atoms with van der Waals surface area (Å²) in [5.41, 5.74) is 2.90. The van der Waals surface area contributed by atoms with Crippen molar-refractivity contribution in [1.29, 1.82) is 0 Å². The second-order valence-electron chi connectivity index (χ2n) is 5.46. The molecule has 1 aliphatic rings. The molecule has 1 unspecified atom stereocenters. The van der Waals surface area contributed by atoms with E-state index >= 15 is 0 Å². The highest BCUT2D eigenvalue weighted by Gasteiger charge is 2.24. The second-order valence-corrected chi connectivity index (χ2v) is 5.46. The molecule has 2 heterocycles. The van der Waals surface area contributed by atoms with Crippen molar-refractivity contribution in [3.8, 4) is 0 Å². The van der Waals surface area contributed by atoms with Gasteiger partial charge in [0.25, 0.3) is 5.91 Å². The number of anilines is 2. The lowest BCUT2D eigenvalue weighted by Crippen LogP contribution is -2.32. The third kappa shape index (κ3) is 2.80. The molecule has 3 rings (SSSR count). The highest BCUT2D eigenvalue weighted by molar-refractivity contribution is 5.99. The first kappa shape index (κ1) is 14.5. The van der Waals surface area contributed by atoms with Gasteiger partial charge in [0, 0.05) is 25.0 Å². The lowest BCUT2D eigenvalue weighted by molar-refractivity contribution is 0.0924. The van der Waals surface area contributed by atoms with Gasteiger partial charge in [-0.1, -0.05) is 18.2 Å². The van der Waals surface area contributed by atoms with Gasteiger partial charge in [0.15, 0.2) is 0 Å². The first-order valence-electron chi connectivity index (χ1n) is 7.43. The molecule has 0 saturated carbocycles. The molecular formula is C17H19N3O2. The maximum absolute atomic E-state index is 12.3. The van der Waals surface area contributed by atoms with Crippen molar-refractivity contribution >= 4 is 17.4 Å². The fraction of sp³-hybridized carbons (Fsp3) is 0.294. The van der Waals surface area contributed by atoms with Gasteiger partial charge in [0.05, 0.1) is 11.7 Å². The molecule has 0 saturated heterocycles. The van der Waals surface area contributed by atoms with Crippen LogP contribution < -0.4 is 10.2 Å². The number of hydrogen-bond acceptors (Lipinski definition) is 4. The first-order valence-corrected chi connectivity index (χ1v) is 7.43. The predicted molar refractivity (Wildman–Crippen MR) is 85.4 cm³/mol. The normalized spacial score (nSPS) is 14.5. The van der Waals surface area contributed by atoms with Crippen LogP contribution in [0.3, 0.4) is 0 Å². The second kappa shape index (κ2) is 6.15. The van der Waals surface area contributed by atoms with E-state index in [9.17, 15) is 9.90 Å². The molecule has 1 amide bonds. The Bertz CT molecular complexity index is 685. The summed E-state index contributed by atoms with van der Waals surface area (Å²) in [5.74, 6) is 0.448. The van der Waals surface area contributed by atoms with Gasteiger partial charge >= 0.3 is 0 Å². The molecule has 0 spiro atoms. The van der Waals surface area contributed by atoms with Gasteiger partial charge in [0.2, 0.25) is 0 Å². The van der Waals surface area contributed by atoms with Gasteiger partial charge in [0.1, 0.15) is 5.82 Å². The topological polar surface area (TPSA) is 65.5 Å². The summed E-state index contributed by atoms with van der Waals surface area (Å²) in [6, 6.07) is 11.7. The number of nitrogens with one attached hydrogen (secondary N) is 1. The third-order valence-electron chi connectivity index (χ3n) is 3.73. The minimum Gasteiger partial charge on any atom is -0.392 e. The summed E-state index contributed by atoms with van der Waals surface area (Å²) in [6.07, 6.45) is 2.07. The number of rotatable bonds is 4. The number of para-hydroxylation sites is 1. The average Bonchev–Trinajstić information content (AvgIpc) is 2.96. The van der Waals surface area contributed by atoms with Crippen molar-refractivity contribution in [2.24, 2.45) is 0 Å². The maximum atomic E-state index is 12.3. The number of carbonyl (C=O) groups excluding carboxylic acids is 1. The van der Waals surface area contributed by atoms with Gasteiger partial charge in [-0.3, -0.25) is 4.79 Å². The van der Waals surface area contributed by atoms with Gasteiger partial charge in [-0.05, 0) is 37.1 Å². The SMILES string of the molecule is CC(O)CNC(=O)c1cccnc1N1CCc2ccccc21. The molecule has 114 valence electrons. The number of nitrogens with zero attached hydrogens (tertiary/aromatic N) is 2.